The van der Waals surface area contributed by atoms with E-state index in [1.54, 1.807) is 0 Å². The molecule has 0 aliphatic carbocycles. The number of amides is 1. The summed E-state index contributed by atoms with van der Waals surface area (Å²) >= 11 is 0. The molecule has 1 heterocycles. The molecule has 1 saturated heterocycles. The number of hydrogen-bond acceptors (Lipinski definition) is 3. The quantitative estimate of drug-likeness (QED) is 0.925. The van der Waals surface area contributed by atoms with Crippen molar-refractivity contribution >= 4 is 5.91 Å². The molecule has 4 nitrogen and oxygen atoms in total. The second kappa shape index (κ2) is 7.11. The van der Waals surface area contributed by atoms with Crippen molar-refractivity contribution in [1.29, 1.82) is 0 Å². The predicted octanol–water partition coefficient (Wildman–Crippen LogP) is 2.16. The van der Waals surface area contributed by atoms with Gasteiger partial charge in [0.1, 0.15) is 0 Å². The lowest BCUT2D eigenvalue weighted by atomic mass is 10.1. The average Bonchev–Trinajstić information content (AvgIpc) is 2.52. The van der Waals surface area contributed by atoms with Crippen molar-refractivity contribution in [3.63, 3.8) is 0 Å². The van der Waals surface area contributed by atoms with E-state index in [9.17, 15) is 18.0 Å². The number of halogens is 3. The first-order valence-corrected chi connectivity index (χ1v) is 7.15. The van der Waals surface area contributed by atoms with Crippen LogP contribution in [0.2, 0.25) is 0 Å². The summed E-state index contributed by atoms with van der Waals surface area (Å²) in [6.45, 7) is 5.43. The van der Waals surface area contributed by atoms with Crippen molar-refractivity contribution in [2.75, 3.05) is 32.8 Å². The summed E-state index contributed by atoms with van der Waals surface area (Å²) in [5.41, 5.74) is -0.534. The van der Waals surface area contributed by atoms with Crippen LogP contribution in [0.3, 0.4) is 0 Å². The molecule has 1 aromatic carbocycles. The van der Waals surface area contributed by atoms with Gasteiger partial charge in [-0.3, -0.25) is 9.69 Å². The van der Waals surface area contributed by atoms with Crippen LogP contribution >= 0.6 is 0 Å². The van der Waals surface area contributed by atoms with E-state index in [0.29, 0.717) is 19.8 Å². The maximum Gasteiger partial charge on any atom is 0.416 e. The van der Waals surface area contributed by atoms with Crippen molar-refractivity contribution < 1.29 is 22.7 Å². The Bertz CT molecular complexity index is 497. The standard InChI is InChI=1S/C15H19F3N2O2/c1-11(20-6-8-22-9-7-20)10-19-14(21)12-2-4-13(5-3-12)15(16,17)18/h2-5,11H,6-10H2,1H3,(H,19,21). The monoisotopic (exact) mass is 316 g/mol. The van der Waals surface area contributed by atoms with Crippen molar-refractivity contribution in [2.45, 2.75) is 19.1 Å². The van der Waals surface area contributed by atoms with E-state index < -0.39 is 11.7 Å². The van der Waals surface area contributed by atoms with E-state index in [2.05, 4.69) is 10.2 Å². The topological polar surface area (TPSA) is 41.6 Å². The zero-order valence-electron chi connectivity index (χ0n) is 12.3. The van der Waals surface area contributed by atoms with Crippen LogP contribution in [0.4, 0.5) is 13.2 Å². The lowest BCUT2D eigenvalue weighted by Gasteiger charge is -2.32. The number of alkyl halides is 3. The summed E-state index contributed by atoms with van der Waals surface area (Å²) in [5, 5.41) is 2.75. The molecule has 1 aliphatic rings. The fraction of sp³-hybridized carbons (Fsp3) is 0.533. The lowest BCUT2D eigenvalue weighted by Crippen LogP contribution is -2.47. The largest absolute Gasteiger partial charge is 0.416 e. The van der Waals surface area contributed by atoms with Crippen molar-refractivity contribution in [3.05, 3.63) is 35.4 Å². The highest BCUT2D eigenvalue weighted by atomic mass is 19.4. The molecule has 0 radical (unpaired) electrons. The fourth-order valence-electron chi connectivity index (χ4n) is 2.30. The summed E-state index contributed by atoms with van der Waals surface area (Å²) in [7, 11) is 0. The molecule has 1 N–H and O–H groups in total. The number of nitrogens with one attached hydrogen (secondary N) is 1. The van der Waals surface area contributed by atoms with Gasteiger partial charge in [-0.25, -0.2) is 0 Å². The first-order chi connectivity index (χ1) is 10.4. The molecule has 1 fully saturated rings. The molecular formula is C15H19F3N2O2. The van der Waals surface area contributed by atoms with Gasteiger partial charge in [-0.1, -0.05) is 0 Å². The smallest absolute Gasteiger partial charge is 0.379 e. The van der Waals surface area contributed by atoms with Gasteiger partial charge in [0, 0.05) is 31.2 Å². The summed E-state index contributed by atoms with van der Waals surface area (Å²) in [6.07, 6.45) is -4.39. The molecule has 1 aliphatic heterocycles. The third-order valence-electron chi connectivity index (χ3n) is 3.70. The van der Waals surface area contributed by atoms with E-state index >= 15 is 0 Å². The van der Waals surface area contributed by atoms with Gasteiger partial charge < -0.3 is 10.1 Å². The Morgan fingerprint density at radius 1 is 1.27 bits per heavy atom. The van der Waals surface area contributed by atoms with Crippen LogP contribution < -0.4 is 5.32 Å². The molecule has 1 unspecified atom stereocenters. The number of nitrogens with zero attached hydrogens (tertiary/aromatic N) is 1. The molecule has 0 bridgehead atoms. The minimum atomic E-state index is -4.39. The molecule has 122 valence electrons. The molecular weight excluding hydrogens is 297 g/mol. The molecule has 0 saturated carbocycles. The number of morpholine rings is 1. The van der Waals surface area contributed by atoms with Gasteiger partial charge in [0.05, 0.1) is 18.8 Å². The number of rotatable bonds is 4. The molecule has 22 heavy (non-hydrogen) atoms. The molecule has 7 heteroatoms. The van der Waals surface area contributed by atoms with Gasteiger partial charge in [0.25, 0.3) is 5.91 Å². The molecule has 0 aromatic heterocycles. The van der Waals surface area contributed by atoms with Gasteiger partial charge in [-0.2, -0.15) is 13.2 Å². The van der Waals surface area contributed by atoms with E-state index in [1.165, 1.54) is 12.1 Å². The number of ether oxygens (including phenoxy) is 1. The maximum absolute atomic E-state index is 12.5. The minimum absolute atomic E-state index is 0.155. The van der Waals surface area contributed by atoms with Crippen molar-refractivity contribution in [2.24, 2.45) is 0 Å². The van der Waals surface area contributed by atoms with Gasteiger partial charge in [-0.15, -0.1) is 0 Å². The number of carbonyl (C=O) groups is 1. The van der Waals surface area contributed by atoms with Crippen LogP contribution in [0.25, 0.3) is 0 Å². The Morgan fingerprint density at radius 2 is 1.86 bits per heavy atom. The number of hydrogen-bond donors (Lipinski definition) is 1. The second-order valence-electron chi connectivity index (χ2n) is 5.28. The minimum Gasteiger partial charge on any atom is -0.379 e. The van der Waals surface area contributed by atoms with E-state index in [4.69, 9.17) is 4.74 Å². The van der Waals surface area contributed by atoms with Gasteiger partial charge in [-0.05, 0) is 31.2 Å². The Kier molecular flexibility index (Phi) is 5.42. The zero-order valence-corrected chi connectivity index (χ0v) is 12.3. The first-order valence-electron chi connectivity index (χ1n) is 7.15. The van der Waals surface area contributed by atoms with Crippen LogP contribution in [-0.4, -0.2) is 49.7 Å². The first kappa shape index (κ1) is 16.8. The highest BCUT2D eigenvalue weighted by Crippen LogP contribution is 2.29. The second-order valence-corrected chi connectivity index (χ2v) is 5.28. The highest BCUT2D eigenvalue weighted by Gasteiger charge is 2.30. The van der Waals surface area contributed by atoms with Crippen LogP contribution in [0.5, 0.6) is 0 Å². The van der Waals surface area contributed by atoms with Crippen LogP contribution in [0.1, 0.15) is 22.8 Å². The maximum atomic E-state index is 12.5. The van der Waals surface area contributed by atoms with Gasteiger partial charge in [0.15, 0.2) is 0 Å². The Hall–Kier alpha value is -1.60. The average molecular weight is 316 g/mol. The normalized spacial score (nSPS) is 18.0. The van der Waals surface area contributed by atoms with Crippen LogP contribution in [-0.2, 0) is 10.9 Å². The third-order valence-corrected chi connectivity index (χ3v) is 3.70. The summed E-state index contributed by atoms with van der Waals surface area (Å²) in [5.74, 6) is -0.367. The highest BCUT2D eigenvalue weighted by molar-refractivity contribution is 5.94. The number of benzene rings is 1. The summed E-state index contributed by atoms with van der Waals surface area (Å²) in [6, 6.07) is 4.37. The predicted molar refractivity (Wildman–Crippen MR) is 75.6 cm³/mol. The molecule has 2 rings (SSSR count). The van der Waals surface area contributed by atoms with E-state index in [0.717, 1.165) is 25.2 Å². The molecule has 0 spiro atoms. The summed E-state index contributed by atoms with van der Waals surface area (Å²) < 4.78 is 42.7. The molecule has 1 amide bonds. The fourth-order valence-corrected chi connectivity index (χ4v) is 2.30. The zero-order chi connectivity index (χ0) is 16.2. The van der Waals surface area contributed by atoms with Crippen LogP contribution in [0.15, 0.2) is 24.3 Å². The van der Waals surface area contributed by atoms with Crippen LogP contribution in [0, 0.1) is 0 Å². The number of carbonyl (C=O) groups excluding carboxylic acids is 1. The SMILES string of the molecule is CC(CNC(=O)c1ccc(C(F)(F)F)cc1)N1CCOCC1. The van der Waals surface area contributed by atoms with Gasteiger partial charge in [0.2, 0.25) is 0 Å². The Morgan fingerprint density at radius 3 is 2.41 bits per heavy atom. The van der Waals surface area contributed by atoms with E-state index in [-0.39, 0.29) is 17.5 Å². The Labute approximate surface area is 127 Å². The molecule has 1 aromatic rings. The third kappa shape index (κ3) is 4.45. The Balaban J connectivity index is 1.86. The lowest BCUT2D eigenvalue weighted by molar-refractivity contribution is -0.137. The van der Waals surface area contributed by atoms with Gasteiger partial charge >= 0.3 is 6.18 Å². The van der Waals surface area contributed by atoms with Crippen molar-refractivity contribution in [1.82, 2.24) is 10.2 Å². The summed E-state index contributed by atoms with van der Waals surface area (Å²) in [4.78, 5) is 14.2. The van der Waals surface area contributed by atoms with E-state index in [1.807, 2.05) is 6.92 Å². The van der Waals surface area contributed by atoms with Crippen molar-refractivity contribution in [3.8, 4) is 0 Å². The molecule has 1 atom stereocenters.